The minimum absolute atomic E-state index is 0.00397. The number of amides is 1. The van der Waals surface area contributed by atoms with Crippen LogP contribution in [0, 0.1) is 16.7 Å². The average molecular weight is 579 g/mol. The van der Waals surface area contributed by atoms with Gasteiger partial charge in [0.2, 0.25) is 5.91 Å². The fourth-order valence-electron chi connectivity index (χ4n) is 7.74. The molecule has 2 heterocycles. The van der Waals surface area contributed by atoms with E-state index in [9.17, 15) is 14.7 Å². The van der Waals surface area contributed by atoms with Crippen LogP contribution in [0.5, 0.6) is 0 Å². The summed E-state index contributed by atoms with van der Waals surface area (Å²) >= 11 is 0. The summed E-state index contributed by atoms with van der Waals surface area (Å²) in [7, 11) is 0. The Hall–Kier alpha value is -2.78. The van der Waals surface area contributed by atoms with Gasteiger partial charge in [0.15, 0.2) is 6.29 Å². The molecule has 2 aromatic rings. The predicted molar refractivity (Wildman–Crippen MR) is 161 cm³/mol. The zero-order chi connectivity index (χ0) is 30.1. The highest BCUT2D eigenvalue weighted by Gasteiger charge is 2.51. The summed E-state index contributed by atoms with van der Waals surface area (Å²) in [4.78, 5) is 25.9. The SMILES string of the molecule is CC1C(CN2CC3(C)CC2CC(C)(C)C3)OC(c2cccc(NC(=O)CCCC(=O)O)c2)OC1c1ccc(CO)cc1. The summed E-state index contributed by atoms with van der Waals surface area (Å²) < 4.78 is 13.4. The van der Waals surface area contributed by atoms with Gasteiger partial charge < -0.3 is 25.0 Å². The zero-order valence-electron chi connectivity index (χ0n) is 25.3. The van der Waals surface area contributed by atoms with Gasteiger partial charge in [-0.3, -0.25) is 14.5 Å². The van der Waals surface area contributed by atoms with Gasteiger partial charge in [-0.25, -0.2) is 0 Å². The number of aliphatic hydroxyl groups is 1. The molecule has 8 heteroatoms. The highest BCUT2D eigenvalue weighted by atomic mass is 16.7. The van der Waals surface area contributed by atoms with Gasteiger partial charge in [0.1, 0.15) is 0 Å². The number of hydrogen-bond donors (Lipinski definition) is 3. The number of carbonyl (C=O) groups is 2. The molecule has 3 N–H and O–H groups in total. The van der Waals surface area contributed by atoms with Crippen molar-refractivity contribution >= 4 is 17.6 Å². The molecule has 228 valence electrons. The molecular weight excluding hydrogens is 532 g/mol. The molecule has 3 aliphatic rings. The van der Waals surface area contributed by atoms with Crippen molar-refractivity contribution in [1.29, 1.82) is 0 Å². The van der Waals surface area contributed by atoms with Crippen molar-refractivity contribution in [2.75, 3.05) is 18.4 Å². The number of carboxylic acids is 1. The molecule has 0 aromatic heterocycles. The Morgan fingerprint density at radius 2 is 1.79 bits per heavy atom. The number of rotatable bonds is 10. The first-order valence-corrected chi connectivity index (χ1v) is 15.3. The molecule has 2 aliphatic heterocycles. The molecule has 0 spiro atoms. The maximum atomic E-state index is 12.4. The summed E-state index contributed by atoms with van der Waals surface area (Å²) in [6.07, 6.45) is 3.19. The van der Waals surface area contributed by atoms with Crippen LogP contribution in [-0.4, -0.2) is 52.2 Å². The van der Waals surface area contributed by atoms with Gasteiger partial charge in [0, 0.05) is 49.1 Å². The quantitative estimate of drug-likeness (QED) is 0.314. The topological polar surface area (TPSA) is 108 Å². The molecule has 3 fully saturated rings. The van der Waals surface area contributed by atoms with E-state index in [4.69, 9.17) is 14.6 Å². The number of nitrogens with zero attached hydrogens (tertiary/aromatic N) is 1. The molecule has 5 rings (SSSR count). The van der Waals surface area contributed by atoms with Crippen LogP contribution in [-0.2, 0) is 25.7 Å². The van der Waals surface area contributed by atoms with Gasteiger partial charge in [0.05, 0.1) is 18.8 Å². The van der Waals surface area contributed by atoms with Crippen LogP contribution in [0.4, 0.5) is 5.69 Å². The lowest BCUT2D eigenvalue weighted by Crippen LogP contribution is -2.46. The Kier molecular flexibility index (Phi) is 9.09. The minimum atomic E-state index is -0.907. The second-order valence-electron chi connectivity index (χ2n) is 13.9. The second kappa shape index (κ2) is 12.4. The van der Waals surface area contributed by atoms with E-state index in [1.807, 2.05) is 48.5 Å². The Morgan fingerprint density at radius 3 is 2.50 bits per heavy atom. The number of ether oxygens (including phenoxy) is 2. The Morgan fingerprint density at radius 1 is 1.02 bits per heavy atom. The Labute approximate surface area is 249 Å². The van der Waals surface area contributed by atoms with Crippen molar-refractivity contribution in [1.82, 2.24) is 4.90 Å². The van der Waals surface area contributed by atoms with Crippen LogP contribution < -0.4 is 5.32 Å². The summed E-state index contributed by atoms with van der Waals surface area (Å²) in [5, 5.41) is 21.3. The molecule has 1 aliphatic carbocycles. The largest absolute Gasteiger partial charge is 0.481 e. The number of benzene rings is 2. The number of fused-ring (bicyclic) bond motifs is 2. The van der Waals surface area contributed by atoms with E-state index in [1.165, 1.54) is 19.3 Å². The number of aliphatic carboxylic acids is 1. The molecular formula is C34H46N2O6. The predicted octanol–water partition coefficient (Wildman–Crippen LogP) is 6.06. The summed E-state index contributed by atoms with van der Waals surface area (Å²) in [5.74, 6) is -1.03. The first kappa shape index (κ1) is 30.7. The number of likely N-dealkylation sites (tertiary alicyclic amines) is 1. The molecule has 2 aromatic carbocycles. The standard InChI is InChI=1S/C34H46N2O6/c1-22-28(18-36-21-34(4)17-27(36)16-33(2,3)20-34)41-32(42-31(22)24-13-11-23(19-37)12-14-24)25-7-5-8-26(15-25)35-29(38)9-6-10-30(39)40/h5,7-8,11-15,22,27-28,31-32,37H,6,9-10,16-21H2,1-4H3,(H,35,38)(H,39,40). The van der Waals surface area contributed by atoms with Crippen molar-refractivity contribution in [3.05, 3.63) is 65.2 Å². The molecule has 2 bridgehead atoms. The van der Waals surface area contributed by atoms with Crippen LogP contribution >= 0.6 is 0 Å². The monoisotopic (exact) mass is 578 g/mol. The lowest BCUT2D eigenvalue weighted by molar-refractivity contribution is -0.276. The lowest BCUT2D eigenvalue weighted by atomic mass is 9.65. The molecule has 1 amide bonds. The van der Waals surface area contributed by atoms with Gasteiger partial charge in [-0.1, -0.05) is 64.1 Å². The molecule has 42 heavy (non-hydrogen) atoms. The third-order valence-electron chi connectivity index (χ3n) is 9.30. The molecule has 1 saturated carbocycles. The van der Waals surface area contributed by atoms with Crippen molar-refractivity contribution in [2.24, 2.45) is 16.7 Å². The van der Waals surface area contributed by atoms with Crippen molar-refractivity contribution in [2.45, 2.75) is 97.4 Å². The smallest absolute Gasteiger partial charge is 0.303 e. The first-order valence-electron chi connectivity index (χ1n) is 15.3. The average Bonchev–Trinajstić information content (AvgIpc) is 3.17. The molecule has 0 radical (unpaired) electrons. The van der Waals surface area contributed by atoms with Crippen LogP contribution in [0.2, 0.25) is 0 Å². The Balaban J connectivity index is 1.36. The summed E-state index contributed by atoms with van der Waals surface area (Å²) in [6, 6.07) is 16.0. The Bertz CT molecular complexity index is 1260. The normalized spacial score (nSPS) is 30.6. The van der Waals surface area contributed by atoms with Crippen LogP contribution in [0.1, 0.15) is 95.3 Å². The number of carbonyl (C=O) groups excluding carboxylic acids is 1. The van der Waals surface area contributed by atoms with E-state index in [1.54, 1.807) is 0 Å². The van der Waals surface area contributed by atoms with Crippen molar-refractivity contribution < 1.29 is 29.3 Å². The molecule has 8 nitrogen and oxygen atoms in total. The summed E-state index contributed by atoms with van der Waals surface area (Å²) in [5.41, 5.74) is 4.03. The lowest BCUT2D eigenvalue weighted by Gasteiger charge is -2.43. The molecule has 6 unspecified atom stereocenters. The van der Waals surface area contributed by atoms with E-state index < -0.39 is 12.3 Å². The van der Waals surface area contributed by atoms with Gasteiger partial charge in [-0.15, -0.1) is 0 Å². The highest BCUT2D eigenvalue weighted by molar-refractivity contribution is 5.90. The number of hydrogen-bond acceptors (Lipinski definition) is 6. The van der Waals surface area contributed by atoms with E-state index >= 15 is 0 Å². The number of anilines is 1. The second-order valence-corrected chi connectivity index (χ2v) is 13.9. The van der Waals surface area contributed by atoms with Crippen LogP contribution in [0.3, 0.4) is 0 Å². The van der Waals surface area contributed by atoms with Gasteiger partial charge in [0.25, 0.3) is 0 Å². The van der Waals surface area contributed by atoms with Crippen LogP contribution in [0.25, 0.3) is 0 Å². The van der Waals surface area contributed by atoms with Crippen LogP contribution in [0.15, 0.2) is 48.5 Å². The fourth-order valence-corrected chi connectivity index (χ4v) is 7.74. The number of aliphatic hydroxyl groups excluding tert-OH is 1. The van der Waals surface area contributed by atoms with E-state index in [0.717, 1.165) is 29.8 Å². The molecule has 6 atom stereocenters. The molecule has 2 saturated heterocycles. The van der Waals surface area contributed by atoms with Crippen molar-refractivity contribution in [3.63, 3.8) is 0 Å². The maximum Gasteiger partial charge on any atom is 0.303 e. The van der Waals surface area contributed by atoms with Gasteiger partial charge in [-0.2, -0.15) is 0 Å². The minimum Gasteiger partial charge on any atom is -0.481 e. The van der Waals surface area contributed by atoms with E-state index in [2.05, 4.69) is 37.9 Å². The zero-order valence-corrected chi connectivity index (χ0v) is 25.3. The van der Waals surface area contributed by atoms with Crippen molar-refractivity contribution in [3.8, 4) is 0 Å². The van der Waals surface area contributed by atoms with E-state index in [-0.39, 0.29) is 43.5 Å². The van der Waals surface area contributed by atoms with E-state index in [0.29, 0.717) is 29.0 Å². The number of carboxylic acid groups (broad SMARTS) is 1. The first-order chi connectivity index (χ1) is 19.9. The third-order valence-corrected chi connectivity index (χ3v) is 9.30. The fraction of sp³-hybridized carbons (Fsp3) is 0.588. The maximum absolute atomic E-state index is 12.4. The highest BCUT2D eigenvalue weighted by Crippen LogP contribution is 2.53. The van der Waals surface area contributed by atoms with Gasteiger partial charge in [-0.05, 0) is 59.8 Å². The number of nitrogens with one attached hydrogen (secondary N) is 1. The third kappa shape index (κ3) is 7.22. The van der Waals surface area contributed by atoms with Gasteiger partial charge >= 0.3 is 5.97 Å². The summed E-state index contributed by atoms with van der Waals surface area (Å²) in [6.45, 7) is 11.3.